The first-order valence-electron chi connectivity index (χ1n) is 5.75. The van der Waals surface area contributed by atoms with E-state index in [2.05, 4.69) is 15.9 Å². The largest absolute Gasteiger partial charge is 0.496 e. The van der Waals surface area contributed by atoms with Crippen LogP contribution < -0.4 is 4.74 Å². The monoisotopic (exact) mass is 331 g/mol. The Balaban J connectivity index is 2.74. The number of carbonyl (C=O) groups excluding carboxylic acids is 1. The van der Waals surface area contributed by atoms with Crippen LogP contribution in [0, 0.1) is 0 Å². The van der Waals surface area contributed by atoms with Gasteiger partial charge in [-0.05, 0) is 34.1 Å². The van der Waals surface area contributed by atoms with E-state index in [0.29, 0.717) is 15.8 Å². The summed E-state index contributed by atoms with van der Waals surface area (Å²) in [6.07, 6.45) is -0.694. The maximum Gasteiger partial charge on any atom is 0.253 e. The maximum atomic E-state index is 12.1. The van der Waals surface area contributed by atoms with Crippen molar-refractivity contribution in [2.45, 2.75) is 6.10 Å². The quantitative estimate of drug-likeness (QED) is 0.858. The van der Waals surface area contributed by atoms with Crippen LogP contribution in [0.5, 0.6) is 5.75 Å². The Morgan fingerprint density at radius 2 is 2.16 bits per heavy atom. The number of methoxy groups -OCH3 is 2. The zero-order valence-electron chi connectivity index (χ0n) is 11.2. The van der Waals surface area contributed by atoms with Gasteiger partial charge in [-0.2, -0.15) is 0 Å². The highest BCUT2D eigenvalue weighted by Crippen LogP contribution is 2.25. The molecule has 0 aliphatic heterocycles. The summed E-state index contributed by atoms with van der Waals surface area (Å²) in [6, 6.07) is 5.10. The van der Waals surface area contributed by atoms with Gasteiger partial charge in [0.1, 0.15) is 5.75 Å². The van der Waals surface area contributed by atoms with Crippen molar-refractivity contribution < 1.29 is 19.4 Å². The first-order chi connectivity index (χ1) is 8.99. The molecule has 0 radical (unpaired) electrons. The number of nitrogens with zero attached hydrogens (tertiary/aromatic N) is 1. The minimum absolute atomic E-state index is 0.168. The number of aliphatic hydroxyl groups excluding tert-OH is 1. The van der Waals surface area contributed by atoms with E-state index in [0.717, 1.165) is 0 Å². The number of halogens is 1. The van der Waals surface area contributed by atoms with Crippen LogP contribution in [0.1, 0.15) is 10.4 Å². The van der Waals surface area contributed by atoms with Crippen molar-refractivity contribution in [3.05, 3.63) is 28.2 Å². The van der Waals surface area contributed by atoms with E-state index in [4.69, 9.17) is 9.47 Å². The van der Waals surface area contributed by atoms with Crippen LogP contribution in [0.4, 0.5) is 0 Å². The molecule has 0 aliphatic carbocycles. The highest BCUT2D eigenvalue weighted by molar-refractivity contribution is 9.10. The highest BCUT2D eigenvalue weighted by Gasteiger charge is 2.16. The highest BCUT2D eigenvalue weighted by atomic mass is 79.9. The molecule has 0 aliphatic rings. The standard InChI is InChI=1S/C13H18BrNO4/c1-15(7-10(16)8-18-2)13(17)9-4-5-12(19-3)11(14)6-9/h4-6,10,16H,7-8H2,1-3H3. The molecule has 1 aromatic carbocycles. The summed E-state index contributed by atoms with van der Waals surface area (Å²) < 4.78 is 10.7. The molecule has 1 N–H and O–H groups in total. The minimum Gasteiger partial charge on any atom is -0.496 e. The Hall–Kier alpha value is -1.11. The Labute approximate surface area is 121 Å². The second-order valence-electron chi connectivity index (χ2n) is 4.14. The molecule has 1 amide bonds. The molecule has 1 atom stereocenters. The van der Waals surface area contributed by atoms with E-state index in [1.807, 2.05) is 0 Å². The van der Waals surface area contributed by atoms with Crippen molar-refractivity contribution in [2.75, 3.05) is 34.4 Å². The van der Waals surface area contributed by atoms with Crippen LogP contribution >= 0.6 is 15.9 Å². The third kappa shape index (κ3) is 4.49. The van der Waals surface area contributed by atoms with Crippen LogP contribution in [0.3, 0.4) is 0 Å². The lowest BCUT2D eigenvalue weighted by atomic mass is 10.2. The fourth-order valence-electron chi connectivity index (χ4n) is 1.66. The number of amides is 1. The van der Waals surface area contributed by atoms with Crippen LogP contribution in [-0.4, -0.2) is 56.4 Å². The fraction of sp³-hybridized carbons (Fsp3) is 0.462. The van der Waals surface area contributed by atoms with Crippen LogP contribution in [-0.2, 0) is 4.74 Å². The third-order valence-corrected chi connectivity index (χ3v) is 3.21. The lowest BCUT2D eigenvalue weighted by Crippen LogP contribution is -2.36. The van der Waals surface area contributed by atoms with Gasteiger partial charge in [0.25, 0.3) is 5.91 Å². The summed E-state index contributed by atoms with van der Waals surface area (Å²) in [5.74, 6) is 0.497. The van der Waals surface area contributed by atoms with Gasteiger partial charge in [0.05, 0.1) is 24.3 Å². The van der Waals surface area contributed by atoms with E-state index < -0.39 is 6.10 Å². The number of aliphatic hydroxyl groups is 1. The van der Waals surface area contributed by atoms with E-state index in [1.165, 1.54) is 12.0 Å². The Bertz CT molecular complexity index is 439. The average Bonchev–Trinajstić information content (AvgIpc) is 2.37. The normalized spacial score (nSPS) is 12.1. The van der Waals surface area contributed by atoms with E-state index in [9.17, 15) is 9.90 Å². The Morgan fingerprint density at radius 1 is 1.47 bits per heavy atom. The molecule has 106 valence electrons. The SMILES string of the molecule is COCC(O)CN(C)C(=O)c1ccc(OC)c(Br)c1. The smallest absolute Gasteiger partial charge is 0.253 e. The van der Waals surface area contributed by atoms with Crippen molar-refractivity contribution >= 4 is 21.8 Å². The Kier molecular flexibility index (Phi) is 6.27. The van der Waals surface area contributed by atoms with Gasteiger partial charge in [-0.1, -0.05) is 0 Å². The van der Waals surface area contributed by atoms with Gasteiger partial charge in [-0.15, -0.1) is 0 Å². The molecule has 19 heavy (non-hydrogen) atoms. The van der Waals surface area contributed by atoms with Gasteiger partial charge in [0, 0.05) is 26.3 Å². The summed E-state index contributed by atoms with van der Waals surface area (Å²) in [4.78, 5) is 13.6. The molecule has 1 rings (SSSR count). The molecule has 0 saturated carbocycles. The molecular formula is C13H18BrNO4. The number of likely N-dealkylation sites (N-methyl/N-ethyl adjacent to an activating group) is 1. The molecule has 1 aromatic rings. The molecule has 0 spiro atoms. The molecule has 5 nitrogen and oxygen atoms in total. The molecular weight excluding hydrogens is 314 g/mol. The number of carbonyl (C=O) groups is 1. The number of hydrogen-bond donors (Lipinski definition) is 1. The van der Waals surface area contributed by atoms with Crippen molar-refractivity contribution in [1.29, 1.82) is 0 Å². The number of ether oxygens (including phenoxy) is 2. The van der Waals surface area contributed by atoms with Gasteiger partial charge in [-0.25, -0.2) is 0 Å². The molecule has 0 aromatic heterocycles. The number of hydrogen-bond acceptors (Lipinski definition) is 4. The lowest BCUT2D eigenvalue weighted by molar-refractivity contribution is 0.0380. The lowest BCUT2D eigenvalue weighted by Gasteiger charge is -2.20. The summed E-state index contributed by atoms with van der Waals surface area (Å²) >= 11 is 3.34. The summed E-state index contributed by atoms with van der Waals surface area (Å²) in [5, 5.41) is 9.60. The van der Waals surface area contributed by atoms with Gasteiger partial charge in [0.2, 0.25) is 0 Å². The number of benzene rings is 1. The van der Waals surface area contributed by atoms with Gasteiger partial charge >= 0.3 is 0 Å². The zero-order valence-corrected chi connectivity index (χ0v) is 12.8. The van der Waals surface area contributed by atoms with Crippen LogP contribution in [0.2, 0.25) is 0 Å². The van der Waals surface area contributed by atoms with Crippen LogP contribution in [0.15, 0.2) is 22.7 Å². The molecule has 0 fully saturated rings. The van der Waals surface area contributed by atoms with E-state index in [-0.39, 0.29) is 19.1 Å². The molecule has 1 unspecified atom stereocenters. The summed E-state index contributed by atoms with van der Waals surface area (Å²) in [5.41, 5.74) is 0.528. The molecule has 0 heterocycles. The predicted octanol–water partition coefficient (Wildman–Crippen LogP) is 1.54. The first-order valence-corrected chi connectivity index (χ1v) is 6.55. The maximum absolute atomic E-state index is 12.1. The van der Waals surface area contributed by atoms with Gasteiger partial charge < -0.3 is 19.5 Å². The van der Waals surface area contributed by atoms with Gasteiger partial charge in [0.15, 0.2) is 0 Å². The molecule has 0 bridgehead atoms. The van der Waals surface area contributed by atoms with E-state index in [1.54, 1.807) is 32.4 Å². The molecule has 0 saturated heterocycles. The zero-order chi connectivity index (χ0) is 14.4. The molecule has 6 heteroatoms. The second-order valence-corrected chi connectivity index (χ2v) is 5.00. The van der Waals surface area contributed by atoms with E-state index >= 15 is 0 Å². The predicted molar refractivity (Wildman–Crippen MR) is 75.5 cm³/mol. The summed E-state index contributed by atoms with van der Waals surface area (Å²) in [6.45, 7) is 0.417. The number of rotatable bonds is 6. The minimum atomic E-state index is -0.694. The summed E-state index contributed by atoms with van der Waals surface area (Å²) in [7, 11) is 4.71. The van der Waals surface area contributed by atoms with Crippen molar-refractivity contribution in [2.24, 2.45) is 0 Å². The van der Waals surface area contributed by atoms with Gasteiger partial charge in [-0.3, -0.25) is 4.79 Å². The van der Waals surface area contributed by atoms with Crippen molar-refractivity contribution in [1.82, 2.24) is 4.90 Å². The second kappa shape index (κ2) is 7.47. The first kappa shape index (κ1) is 15.9. The fourth-order valence-corrected chi connectivity index (χ4v) is 2.20. The third-order valence-electron chi connectivity index (χ3n) is 2.59. The van der Waals surface area contributed by atoms with Crippen molar-refractivity contribution in [3.63, 3.8) is 0 Å². The van der Waals surface area contributed by atoms with Crippen LogP contribution in [0.25, 0.3) is 0 Å². The Morgan fingerprint density at radius 3 is 2.68 bits per heavy atom. The van der Waals surface area contributed by atoms with Crippen molar-refractivity contribution in [3.8, 4) is 5.75 Å². The average molecular weight is 332 g/mol. The topological polar surface area (TPSA) is 59.0 Å².